The molecule has 0 aliphatic heterocycles. The van der Waals surface area contributed by atoms with Crippen LogP contribution in [0.15, 0.2) is 144 Å². The number of nitriles is 4. The van der Waals surface area contributed by atoms with Crippen LogP contribution in [0.5, 0.6) is 46.0 Å². The molecule has 0 amide bonds. The normalized spacial score (nSPS) is 12.4. The highest BCUT2D eigenvalue weighted by molar-refractivity contribution is 5.77. The SMILES string of the molecule is [C-]#[N+]c1cc(C#N)cc(N=Nc2c(O)ccc(C(CCCCCC)c3cc(C(CCCCCC)c4cc(C(CCCCCC)c5cc(C(C)CCCCCC)c(O)c(N=Nc6cc(C#N)cc([N+]#[C-])c6)c5O)c(O)c(N=Nc5cc(C#N)cc([N+]#[C-])c5)c4O)c(O)c(N=Nc4cc(C#N)cc([N+]#[C-])c4)c3O)c2O)c1. The van der Waals surface area contributed by atoms with Crippen molar-refractivity contribution in [3.05, 3.63) is 210 Å². The zero-order chi connectivity index (χ0) is 78.7. The van der Waals surface area contributed by atoms with E-state index in [1.807, 2.05) is 52.0 Å². The second kappa shape index (κ2) is 39.6. The number of nitrogens with zero attached hydrogens (tertiary/aromatic N) is 16. The largest absolute Gasteiger partial charge is 0.505 e. The second-order valence-corrected chi connectivity index (χ2v) is 26.8. The van der Waals surface area contributed by atoms with E-state index in [1.165, 1.54) is 91.0 Å². The molecule has 8 rings (SSSR count). The van der Waals surface area contributed by atoms with Crippen LogP contribution in [0.2, 0.25) is 0 Å². The summed E-state index contributed by atoms with van der Waals surface area (Å²) in [6.07, 6.45) is 12.6. The van der Waals surface area contributed by atoms with Crippen molar-refractivity contribution in [1.82, 2.24) is 0 Å². The molecule has 0 aliphatic rings. The molecule has 4 atom stereocenters. The number of azo groups is 4. The highest BCUT2D eigenvalue weighted by Crippen LogP contribution is 2.58. The molecule has 8 N–H and O–H groups in total. The maximum atomic E-state index is 13.4. The van der Waals surface area contributed by atoms with Gasteiger partial charge in [0.05, 0.1) is 73.3 Å². The molecule has 4 unspecified atom stereocenters. The number of phenolic OH excluding ortho intramolecular Hbond substituents is 8. The van der Waals surface area contributed by atoms with Crippen LogP contribution in [0.3, 0.4) is 0 Å². The van der Waals surface area contributed by atoms with E-state index >= 15 is 0 Å². The Morgan fingerprint density at radius 1 is 0.303 bits per heavy atom. The standard InChI is InChI=1S/C85H84N16O8/c1-10-14-18-22-26-51(5)68-44-69(81(105)76(80(68)104)99-95-61-37-53(48-87)33-57(41-61)91-7)65(28-24-20-16-12-3)72-46-73(85(109)78(84(72)108)101-97-63-39-55(50-89)35-59(43-63)93-9)66(29-25-21-17-13-4)71-45-70(82(106)77(83(71)107)100-96-62-38-54(49-88)34-58(42-62)92-8)64(27-23-19-15-11-2)67-30-31-74(102)75(79(67)103)98-94-60-36-52(47-86)32-56(40-60)90-6/h30-46,51,64-66,102-109H,10-29H2,1-5H3. The molecule has 0 saturated heterocycles. The summed E-state index contributed by atoms with van der Waals surface area (Å²) in [5, 5.41) is 178. The van der Waals surface area contributed by atoms with Gasteiger partial charge in [-0.1, -0.05) is 143 Å². The summed E-state index contributed by atoms with van der Waals surface area (Å²) in [6, 6.07) is 32.0. The minimum atomic E-state index is -1.21. The second-order valence-electron chi connectivity index (χ2n) is 26.8. The number of hydrogen-bond acceptors (Lipinski definition) is 20. The third-order valence-corrected chi connectivity index (χ3v) is 19.1. The van der Waals surface area contributed by atoms with Gasteiger partial charge >= 0.3 is 0 Å². The molecule has 0 heterocycles. The topological polar surface area (TPSA) is 373 Å². The molecule has 109 heavy (non-hydrogen) atoms. The number of hydrogen-bond donors (Lipinski definition) is 8. The number of aromatic hydroxyl groups is 8. The molecule has 0 saturated carbocycles. The molecule has 8 aromatic rings. The van der Waals surface area contributed by atoms with Gasteiger partial charge in [0.15, 0.2) is 80.0 Å². The smallest absolute Gasteiger partial charge is 0.190 e. The maximum Gasteiger partial charge on any atom is 0.190 e. The van der Waals surface area contributed by atoms with Gasteiger partial charge in [0.2, 0.25) is 0 Å². The average molecular weight is 1460 g/mol. The highest BCUT2D eigenvalue weighted by Gasteiger charge is 2.36. The third-order valence-electron chi connectivity index (χ3n) is 19.1. The van der Waals surface area contributed by atoms with E-state index in [4.69, 9.17) is 26.3 Å². The van der Waals surface area contributed by atoms with Crippen LogP contribution in [0.4, 0.5) is 68.2 Å². The summed E-state index contributed by atoms with van der Waals surface area (Å²) in [7, 11) is 0. The predicted octanol–water partition coefficient (Wildman–Crippen LogP) is 26.1. The Labute approximate surface area is 634 Å². The van der Waals surface area contributed by atoms with Gasteiger partial charge in [0.1, 0.15) is 11.5 Å². The molecule has 8 aromatic carbocycles. The van der Waals surface area contributed by atoms with Crippen LogP contribution in [0.1, 0.15) is 248 Å². The van der Waals surface area contributed by atoms with Gasteiger partial charge in [0.25, 0.3) is 0 Å². The molecule has 0 aliphatic carbocycles. The lowest BCUT2D eigenvalue weighted by Gasteiger charge is -2.28. The summed E-state index contributed by atoms with van der Waals surface area (Å²) >= 11 is 0. The van der Waals surface area contributed by atoms with Crippen LogP contribution in [-0.4, -0.2) is 40.9 Å². The lowest BCUT2D eigenvalue weighted by atomic mass is 9.77. The minimum Gasteiger partial charge on any atom is -0.505 e. The molecule has 0 aromatic heterocycles. The van der Waals surface area contributed by atoms with E-state index in [-0.39, 0.29) is 132 Å². The molecule has 0 spiro atoms. The Morgan fingerprint density at radius 3 is 0.844 bits per heavy atom. The van der Waals surface area contributed by atoms with Crippen molar-refractivity contribution in [2.45, 2.75) is 187 Å². The van der Waals surface area contributed by atoms with Crippen LogP contribution in [0, 0.1) is 71.6 Å². The summed E-state index contributed by atoms with van der Waals surface area (Å²) in [4.78, 5) is 14.0. The highest BCUT2D eigenvalue weighted by atomic mass is 16.3. The van der Waals surface area contributed by atoms with E-state index in [1.54, 1.807) is 12.1 Å². The van der Waals surface area contributed by atoms with Crippen molar-refractivity contribution >= 4 is 68.2 Å². The van der Waals surface area contributed by atoms with Crippen LogP contribution < -0.4 is 0 Å². The van der Waals surface area contributed by atoms with Gasteiger partial charge in [-0.25, -0.2) is 19.4 Å². The van der Waals surface area contributed by atoms with Crippen LogP contribution >= 0.6 is 0 Å². The predicted molar refractivity (Wildman–Crippen MR) is 414 cm³/mol. The summed E-state index contributed by atoms with van der Waals surface area (Å²) < 4.78 is 0. The van der Waals surface area contributed by atoms with Crippen molar-refractivity contribution in [1.29, 1.82) is 21.0 Å². The quantitative estimate of drug-likeness (QED) is 0.0104. The summed E-state index contributed by atoms with van der Waals surface area (Å²) in [5.41, 5.74) is -0.417. The van der Waals surface area contributed by atoms with E-state index in [9.17, 15) is 61.9 Å². The fourth-order valence-corrected chi connectivity index (χ4v) is 13.4. The molecular formula is C85H84N16O8. The lowest BCUT2D eigenvalue weighted by Crippen LogP contribution is -2.10. The van der Waals surface area contributed by atoms with Crippen molar-refractivity contribution in [3.63, 3.8) is 0 Å². The van der Waals surface area contributed by atoms with Crippen molar-refractivity contribution < 1.29 is 40.9 Å². The number of benzene rings is 8. The van der Waals surface area contributed by atoms with Crippen molar-refractivity contribution in [2.75, 3.05) is 0 Å². The van der Waals surface area contributed by atoms with Crippen molar-refractivity contribution in [2.24, 2.45) is 40.9 Å². The zero-order valence-electron chi connectivity index (χ0n) is 61.5. The number of rotatable bonds is 35. The van der Waals surface area contributed by atoms with Gasteiger partial charge in [-0.05, 0) is 134 Å². The Hall–Kier alpha value is -13.5. The third kappa shape index (κ3) is 20.3. The van der Waals surface area contributed by atoms with Gasteiger partial charge < -0.3 is 40.9 Å². The summed E-state index contributed by atoms with van der Waals surface area (Å²) in [6.45, 7) is 41.2. The lowest BCUT2D eigenvalue weighted by molar-refractivity contribution is 0.424. The monoisotopic (exact) mass is 1460 g/mol. The van der Waals surface area contributed by atoms with E-state index in [0.29, 0.717) is 50.5 Å². The summed E-state index contributed by atoms with van der Waals surface area (Å²) in [5.74, 6) is -8.38. The number of unbranched alkanes of at least 4 members (excludes halogenated alkanes) is 12. The van der Waals surface area contributed by atoms with Gasteiger partial charge in [-0.15, -0.1) is 20.5 Å². The molecule has 0 bridgehead atoms. The Morgan fingerprint density at radius 2 is 0.560 bits per heavy atom. The maximum absolute atomic E-state index is 13.4. The molecular weight excluding hydrogens is 1370 g/mol. The first-order valence-corrected chi connectivity index (χ1v) is 36.4. The minimum absolute atomic E-state index is 0.00421. The van der Waals surface area contributed by atoms with Gasteiger partial charge in [-0.2, -0.15) is 41.5 Å². The van der Waals surface area contributed by atoms with Crippen LogP contribution in [0.25, 0.3) is 19.4 Å². The zero-order valence-corrected chi connectivity index (χ0v) is 61.5. The molecule has 24 nitrogen and oxygen atoms in total. The van der Waals surface area contributed by atoms with Crippen molar-refractivity contribution in [3.8, 4) is 70.3 Å². The molecule has 0 fully saturated rings. The Balaban J connectivity index is 1.52. The fourth-order valence-electron chi connectivity index (χ4n) is 13.4. The molecule has 24 heteroatoms. The van der Waals surface area contributed by atoms with E-state index in [2.05, 4.69) is 67.2 Å². The number of phenols is 8. The van der Waals surface area contributed by atoms with E-state index in [0.717, 1.165) is 64.2 Å². The molecule has 0 radical (unpaired) electrons. The Bertz CT molecular complexity index is 5040. The fraction of sp³-hybridized carbons (Fsp3) is 0.341. The molecule has 552 valence electrons. The van der Waals surface area contributed by atoms with E-state index < -0.39 is 80.8 Å². The van der Waals surface area contributed by atoms with Crippen LogP contribution in [-0.2, 0) is 0 Å². The average Bonchev–Trinajstić information content (AvgIpc) is 0.750. The van der Waals surface area contributed by atoms with Gasteiger partial charge in [-0.3, -0.25) is 0 Å². The first-order chi connectivity index (χ1) is 52.7. The Kier molecular flexibility index (Phi) is 29.4. The van der Waals surface area contributed by atoms with Gasteiger partial charge in [0, 0.05) is 73.4 Å². The first kappa shape index (κ1) is 81.2. The first-order valence-electron chi connectivity index (χ1n) is 36.4.